The van der Waals surface area contributed by atoms with Crippen molar-refractivity contribution in [2.24, 2.45) is 11.3 Å². The highest BCUT2D eigenvalue weighted by atomic mass is 32.2. The fourth-order valence-electron chi connectivity index (χ4n) is 3.87. The monoisotopic (exact) mass is 493 g/mol. The Morgan fingerprint density at radius 1 is 1.09 bits per heavy atom. The number of β-lactam (4-membered cyclic amide) rings is 1. The predicted octanol–water partition coefficient (Wildman–Crippen LogP) is 3.50. The molecule has 3 rings (SSSR count). The van der Waals surface area contributed by atoms with E-state index in [9.17, 15) is 19.2 Å². The topological polar surface area (TPSA) is 108 Å². The SMILES string of the molecule is CC(OC(=O)OCc1ccccc1)[C@H]1C(=O)N2[C@@H]1SC(C)(C)[C@@H]2C(=O)OCOC(=O)C(C)(C)C. The Balaban J connectivity index is 1.54. The van der Waals surface area contributed by atoms with Gasteiger partial charge in [-0.25, -0.2) is 9.59 Å². The van der Waals surface area contributed by atoms with Crippen molar-refractivity contribution >= 4 is 35.8 Å². The van der Waals surface area contributed by atoms with Crippen LogP contribution >= 0.6 is 11.8 Å². The Morgan fingerprint density at radius 2 is 1.74 bits per heavy atom. The average Bonchev–Trinajstić information content (AvgIpc) is 2.99. The van der Waals surface area contributed by atoms with Gasteiger partial charge in [0.2, 0.25) is 12.7 Å². The molecular weight excluding hydrogens is 462 g/mol. The largest absolute Gasteiger partial charge is 0.508 e. The molecule has 4 atom stereocenters. The van der Waals surface area contributed by atoms with Crippen molar-refractivity contribution in [2.75, 3.05) is 6.79 Å². The molecule has 2 aliphatic rings. The number of benzene rings is 1. The molecule has 1 unspecified atom stereocenters. The van der Waals surface area contributed by atoms with Crippen LogP contribution in [0.25, 0.3) is 0 Å². The zero-order valence-corrected chi connectivity index (χ0v) is 21.0. The van der Waals surface area contributed by atoms with Gasteiger partial charge in [-0.15, -0.1) is 11.8 Å². The lowest BCUT2D eigenvalue weighted by Crippen LogP contribution is -2.65. The van der Waals surface area contributed by atoms with Crippen LogP contribution in [0.2, 0.25) is 0 Å². The molecule has 186 valence electrons. The van der Waals surface area contributed by atoms with E-state index in [0.29, 0.717) is 0 Å². The van der Waals surface area contributed by atoms with Gasteiger partial charge in [0.25, 0.3) is 0 Å². The van der Waals surface area contributed by atoms with E-state index in [1.54, 1.807) is 27.7 Å². The molecule has 0 bridgehead atoms. The van der Waals surface area contributed by atoms with E-state index >= 15 is 0 Å². The summed E-state index contributed by atoms with van der Waals surface area (Å²) in [6.07, 6.45) is -1.59. The van der Waals surface area contributed by atoms with Gasteiger partial charge in [-0.3, -0.25) is 9.59 Å². The highest BCUT2D eigenvalue weighted by molar-refractivity contribution is 8.01. The average molecular weight is 494 g/mol. The first-order valence-corrected chi connectivity index (χ1v) is 11.9. The van der Waals surface area contributed by atoms with Crippen LogP contribution in [-0.2, 0) is 39.9 Å². The molecule has 9 nitrogen and oxygen atoms in total. The van der Waals surface area contributed by atoms with E-state index in [0.717, 1.165) is 5.56 Å². The van der Waals surface area contributed by atoms with Gasteiger partial charge < -0.3 is 23.8 Å². The highest BCUT2D eigenvalue weighted by Crippen LogP contribution is 2.54. The molecular formula is C24H31NO8S. The van der Waals surface area contributed by atoms with E-state index in [4.69, 9.17) is 18.9 Å². The summed E-state index contributed by atoms with van der Waals surface area (Å²) in [7, 11) is 0. The smallest absolute Gasteiger partial charge is 0.430 e. The first-order valence-electron chi connectivity index (χ1n) is 11.0. The second-order valence-corrected chi connectivity index (χ2v) is 11.7. The quantitative estimate of drug-likeness (QED) is 0.320. The number of esters is 2. The number of thioether (sulfide) groups is 1. The number of nitrogens with zero attached hydrogens (tertiary/aromatic N) is 1. The van der Waals surface area contributed by atoms with Gasteiger partial charge in [0, 0.05) is 4.75 Å². The summed E-state index contributed by atoms with van der Waals surface area (Å²) in [5.74, 6) is -2.06. The predicted molar refractivity (Wildman–Crippen MR) is 123 cm³/mol. The van der Waals surface area contributed by atoms with Crippen LogP contribution in [-0.4, -0.2) is 58.0 Å². The van der Waals surface area contributed by atoms with Crippen LogP contribution in [0.5, 0.6) is 0 Å². The van der Waals surface area contributed by atoms with E-state index in [1.807, 2.05) is 44.2 Å². The molecule has 1 aromatic rings. The van der Waals surface area contributed by atoms with Gasteiger partial charge in [-0.05, 0) is 47.1 Å². The Morgan fingerprint density at radius 3 is 2.35 bits per heavy atom. The van der Waals surface area contributed by atoms with Gasteiger partial charge in [-0.1, -0.05) is 30.3 Å². The molecule has 0 aromatic heterocycles. The van der Waals surface area contributed by atoms with Crippen LogP contribution in [0, 0.1) is 11.3 Å². The zero-order valence-electron chi connectivity index (χ0n) is 20.2. The lowest BCUT2D eigenvalue weighted by Gasteiger charge is -2.45. The molecule has 2 fully saturated rings. The number of hydrogen-bond acceptors (Lipinski definition) is 9. The molecule has 0 aliphatic carbocycles. The maximum atomic E-state index is 12.9. The Kier molecular flexibility index (Phi) is 7.50. The molecule has 34 heavy (non-hydrogen) atoms. The Labute approximate surface area is 203 Å². The minimum absolute atomic E-state index is 0.0655. The maximum absolute atomic E-state index is 12.9. The van der Waals surface area contributed by atoms with E-state index in [2.05, 4.69) is 0 Å². The summed E-state index contributed by atoms with van der Waals surface area (Å²) >= 11 is 1.44. The third kappa shape index (κ3) is 5.48. The number of fused-ring (bicyclic) bond motifs is 1. The first-order chi connectivity index (χ1) is 15.8. The van der Waals surface area contributed by atoms with Gasteiger partial charge >= 0.3 is 18.1 Å². The van der Waals surface area contributed by atoms with E-state index in [1.165, 1.54) is 16.7 Å². The molecule has 2 heterocycles. The van der Waals surface area contributed by atoms with Crippen molar-refractivity contribution < 1.29 is 38.1 Å². The van der Waals surface area contributed by atoms with Gasteiger partial charge in [-0.2, -0.15) is 0 Å². The zero-order chi connectivity index (χ0) is 25.3. The Hall–Kier alpha value is -2.75. The van der Waals surface area contributed by atoms with Crippen molar-refractivity contribution in [3.8, 4) is 0 Å². The second-order valence-electron chi connectivity index (χ2n) is 9.90. The fourth-order valence-corrected chi connectivity index (χ4v) is 5.65. The number of amides is 1. The van der Waals surface area contributed by atoms with Crippen LogP contribution in [0.1, 0.15) is 47.1 Å². The normalized spacial score (nSPS) is 23.9. The third-order valence-electron chi connectivity index (χ3n) is 5.70. The summed E-state index contributed by atoms with van der Waals surface area (Å²) < 4.78 is 20.0. The summed E-state index contributed by atoms with van der Waals surface area (Å²) in [5.41, 5.74) is 0.0968. The molecule has 10 heteroatoms. The lowest BCUT2D eigenvalue weighted by atomic mass is 9.88. The van der Waals surface area contributed by atoms with Crippen LogP contribution in [0.4, 0.5) is 4.79 Å². The minimum atomic E-state index is -0.860. The van der Waals surface area contributed by atoms with Crippen molar-refractivity contribution in [3.05, 3.63) is 35.9 Å². The molecule has 0 saturated carbocycles. The summed E-state index contributed by atoms with van der Waals surface area (Å²) in [6, 6.07) is 8.33. The number of carbonyl (C=O) groups is 4. The second kappa shape index (κ2) is 9.85. The van der Waals surface area contributed by atoms with Crippen LogP contribution < -0.4 is 0 Å². The van der Waals surface area contributed by atoms with Crippen molar-refractivity contribution in [2.45, 2.75) is 70.4 Å². The van der Waals surface area contributed by atoms with Crippen LogP contribution in [0.15, 0.2) is 30.3 Å². The van der Waals surface area contributed by atoms with Gasteiger partial charge in [0.05, 0.1) is 10.8 Å². The molecule has 1 aromatic carbocycles. The molecule has 0 spiro atoms. The molecule has 2 aliphatic heterocycles. The molecule has 2 saturated heterocycles. The number of ether oxygens (including phenoxy) is 4. The number of carbonyl (C=O) groups excluding carboxylic acids is 4. The number of hydrogen-bond donors (Lipinski definition) is 0. The van der Waals surface area contributed by atoms with Crippen molar-refractivity contribution in [1.29, 1.82) is 0 Å². The minimum Gasteiger partial charge on any atom is -0.430 e. The third-order valence-corrected chi connectivity index (χ3v) is 7.29. The first kappa shape index (κ1) is 25.9. The molecule has 0 N–H and O–H groups in total. The van der Waals surface area contributed by atoms with E-state index < -0.39 is 53.1 Å². The Bertz CT molecular complexity index is 942. The standard InChI is InChI=1S/C24H31NO8S/c1-14(33-22(29)30-12-15-10-8-7-9-11-15)16-18(26)25-17(24(5,6)34-19(16)25)20(27)31-13-32-21(28)23(2,3)4/h7-11,14,16-17,19H,12-13H2,1-6H3/t14?,16-,17-,19+/m0/s1. The van der Waals surface area contributed by atoms with Crippen LogP contribution in [0.3, 0.4) is 0 Å². The van der Waals surface area contributed by atoms with Crippen molar-refractivity contribution in [3.63, 3.8) is 0 Å². The fraction of sp³-hybridized carbons (Fsp3) is 0.583. The summed E-state index contributed by atoms with van der Waals surface area (Å²) in [4.78, 5) is 51.2. The summed E-state index contributed by atoms with van der Waals surface area (Å²) in [6.45, 7) is 9.94. The molecule has 0 radical (unpaired) electrons. The summed E-state index contributed by atoms with van der Waals surface area (Å²) in [5, 5.41) is -0.353. The molecule has 1 amide bonds. The maximum Gasteiger partial charge on any atom is 0.508 e. The van der Waals surface area contributed by atoms with Crippen molar-refractivity contribution in [1.82, 2.24) is 4.90 Å². The lowest BCUT2D eigenvalue weighted by molar-refractivity contribution is -0.183. The van der Waals surface area contributed by atoms with Gasteiger partial charge in [0.15, 0.2) is 0 Å². The van der Waals surface area contributed by atoms with E-state index in [-0.39, 0.29) is 17.9 Å². The number of rotatable bonds is 7. The highest BCUT2D eigenvalue weighted by Gasteiger charge is 2.65. The van der Waals surface area contributed by atoms with Gasteiger partial charge in [0.1, 0.15) is 24.7 Å².